The molecule has 138 valence electrons. The predicted octanol–water partition coefficient (Wildman–Crippen LogP) is 3.83. The minimum Gasteiger partial charge on any atom is -0.490 e. The van der Waals surface area contributed by atoms with E-state index >= 15 is 0 Å². The zero-order chi connectivity index (χ0) is 18.9. The van der Waals surface area contributed by atoms with E-state index in [1.807, 2.05) is 42.5 Å². The van der Waals surface area contributed by atoms with Crippen molar-refractivity contribution in [3.05, 3.63) is 42.5 Å². The second kappa shape index (κ2) is 7.06. The summed E-state index contributed by atoms with van der Waals surface area (Å²) >= 11 is 1.47. The summed E-state index contributed by atoms with van der Waals surface area (Å²) in [4.78, 5) is 9.52. The van der Waals surface area contributed by atoms with Crippen molar-refractivity contribution in [2.75, 3.05) is 19.0 Å². The molecule has 0 unspecified atom stereocenters. The fourth-order valence-corrected chi connectivity index (χ4v) is 3.78. The predicted molar refractivity (Wildman–Crippen MR) is 109 cm³/mol. The molecule has 7 heteroatoms. The first-order chi connectivity index (χ1) is 13.8. The third kappa shape index (κ3) is 2.92. The molecule has 1 aliphatic rings. The Morgan fingerprint density at radius 2 is 1.93 bits per heavy atom. The summed E-state index contributed by atoms with van der Waals surface area (Å²) in [5.74, 6) is 5.23. The first-order valence-corrected chi connectivity index (χ1v) is 9.94. The summed E-state index contributed by atoms with van der Waals surface area (Å²) in [6.45, 7) is 1.29. The lowest BCUT2D eigenvalue weighted by atomic mass is 10.2. The van der Waals surface area contributed by atoms with Crippen molar-refractivity contribution in [2.45, 2.75) is 11.6 Å². The van der Waals surface area contributed by atoms with E-state index in [1.54, 1.807) is 4.52 Å². The molecule has 6 nitrogen and oxygen atoms in total. The van der Waals surface area contributed by atoms with Crippen molar-refractivity contribution >= 4 is 28.3 Å². The molecule has 2 aromatic heterocycles. The molecule has 0 saturated heterocycles. The van der Waals surface area contributed by atoms with Gasteiger partial charge in [0, 0.05) is 17.4 Å². The highest BCUT2D eigenvalue weighted by molar-refractivity contribution is 7.99. The van der Waals surface area contributed by atoms with Gasteiger partial charge in [0.2, 0.25) is 0 Å². The van der Waals surface area contributed by atoms with Crippen LogP contribution in [0.25, 0.3) is 27.9 Å². The minimum absolute atomic E-state index is 0.514. The van der Waals surface area contributed by atoms with Crippen molar-refractivity contribution in [2.24, 2.45) is 0 Å². The molecule has 5 rings (SSSR count). The number of thioether (sulfide) groups is 1. The number of aromatic nitrogens is 4. The maximum atomic E-state index is 5.81. The Morgan fingerprint density at radius 3 is 2.82 bits per heavy atom. The van der Waals surface area contributed by atoms with E-state index in [9.17, 15) is 0 Å². The average molecular weight is 388 g/mol. The van der Waals surface area contributed by atoms with Gasteiger partial charge in [-0.25, -0.2) is 9.97 Å². The zero-order valence-electron chi connectivity index (χ0n) is 15.0. The van der Waals surface area contributed by atoms with Gasteiger partial charge in [0.25, 0.3) is 0 Å². The second-order valence-electron chi connectivity index (χ2n) is 6.29. The number of hydrogen-bond donors (Lipinski definition) is 0. The van der Waals surface area contributed by atoms with Crippen molar-refractivity contribution in [1.82, 2.24) is 19.6 Å². The van der Waals surface area contributed by atoms with Gasteiger partial charge in [-0.2, -0.15) is 4.52 Å². The van der Waals surface area contributed by atoms with E-state index in [-0.39, 0.29) is 0 Å². The Morgan fingerprint density at radius 1 is 1.07 bits per heavy atom. The van der Waals surface area contributed by atoms with E-state index in [1.165, 1.54) is 11.8 Å². The molecule has 0 fully saturated rings. The van der Waals surface area contributed by atoms with Crippen LogP contribution in [0.3, 0.4) is 0 Å². The minimum atomic E-state index is 0.514. The van der Waals surface area contributed by atoms with Gasteiger partial charge in [-0.15, -0.1) is 11.5 Å². The molecule has 3 heterocycles. The van der Waals surface area contributed by atoms with Gasteiger partial charge in [0.15, 0.2) is 28.1 Å². The molecular formula is C21H16N4O2S. The number of hydrogen-bond acceptors (Lipinski definition) is 6. The molecule has 4 aromatic rings. The Bertz CT molecular complexity index is 1230. The lowest BCUT2D eigenvalue weighted by Gasteiger charge is -2.07. The number of rotatable bonds is 3. The maximum Gasteiger partial charge on any atom is 0.192 e. The van der Waals surface area contributed by atoms with Crippen LogP contribution in [0.15, 0.2) is 47.6 Å². The van der Waals surface area contributed by atoms with E-state index in [0.717, 1.165) is 45.2 Å². The molecule has 0 amide bonds. The van der Waals surface area contributed by atoms with E-state index in [2.05, 4.69) is 5.92 Å². The van der Waals surface area contributed by atoms with Gasteiger partial charge >= 0.3 is 0 Å². The zero-order valence-corrected chi connectivity index (χ0v) is 15.8. The molecule has 0 radical (unpaired) electrons. The molecule has 28 heavy (non-hydrogen) atoms. The lowest BCUT2D eigenvalue weighted by Crippen LogP contribution is -1.98. The van der Waals surface area contributed by atoms with Crippen LogP contribution in [0.1, 0.15) is 6.42 Å². The standard InChI is InChI=1S/C21H16N4O2S/c1-2-12-28-21-22-16-7-4-3-6-15(16)20-23-19(24-25(20)21)14-8-9-17-18(13-14)27-11-5-10-26-17/h1,3-4,6-9,13H,5,10-12H2. The summed E-state index contributed by atoms with van der Waals surface area (Å²) in [6.07, 6.45) is 6.30. The Labute approximate surface area is 165 Å². The third-order valence-electron chi connectivity index (χ3n) is 4.44. The summed E-state index contributed by atoms with van der Waals surface area (Å²) in [5.41, 5.74) is 2.49. The Hall–Kier alpha value is -3.24. The molecule has 0 saturated carbocycles. The van der Waals surface area contributed by atoms with Crippen LogP contribution in [-0.2, 0) is 0 Å². The van der Waals surface area contributed by atoms with Gasteiger partial charge in [-0.1, -0.05) is 29.8 Å². The van der Waals surface area contributed by atoms with Crippen LogP contribution in [0.4, 0.5) is 0 Å². The SMILES string of the molecule is C#CCSc1nc2ccccc2c2nc(-c3ccc4c(c3)OCCCO4)nn12. The molecule has 0 N–H and O–H groups in total. The van der Waals surface area contributed by atoms with Crippen molar-refractivity contribution in [3.8, 4) is 35.2 Å². The molecule has 0 bridgehead atoms. The fourth-order valence-electron chi connectivity index (χ4n) is 3.15. The molecular weight excluding hydrogens is 372 g/mol. The number of ether oxygens (including phenoxy) is 2. The van der Waals surface area contributed by atoms with Crippen LogP contribution in [0.5, 0.6) is 11.5 Å². The van der Waals surface area contributed by atoms with Gasteiger partial charge in [-0.05, 0) is 30.3 Å². The lowest BCUT2D eigenvalue weighted by molar-refractivity contribution is 0.297. The first kappa shape index (κ1) is 16.9. The smallest absolute Gasteiger partial charge is 0.192 e. The van der Waals surface area contributed by atoms with Crippen LogP contribution in [0, 0.1) is 12.3 Å². The topological polar surface area (TPSA) is 61.5 Å². The number of benzene rings is 2. The van der Waals surface area contributed by atoms with E-state index in [4.69, 9.17) is 31.0 Å². The van der Waals surface area contributed by atoms with Gasteiger partial charge in [-0.3, -0.25) is 0 Å². The highest BCUT2D eigenvalue weighted by Gasteiger charge is 2.17. The van der Waals surface area contributed by atoms with E-state index < -0.39 is 0 Å². The van der Waals surface area contributed by atoms with E-state index in [0.29, 0.717) is 24.8 Å². The van der Waals surface area contributed by atoms with Gasteiger partial charge in [0.05, 0.1) is 24.5 Å². The summed E-state index contributed by atoms with van der Waals surface area (Å²) in [7, 11) is 0. The number of para-hydroxylation sites is 1. The monoisotopic (exact) mass is 388 g/mol. The summed E-state index contributed by atoms with van der Waals surface area (Å²) < 4.78 is 13.3. The molecule has 2 aromatic carbocycles. The van der Waals surface area contributed by atoms with Crippen LogP contribution < -0.4 is 9.47 Å². The Balaban J connectivity index is 1.68. The number of terminal acetylenes is 1. The largest absolute Gasteiger partial charge is 0.490 e. The van der Waals surface area contributed by atoms with Crippen molar-refractivity contribution in [1.29, 1.82) is 0 Å². The van der Waals surface area contributed by atoms with Crippen LogP contribution in [-0.4, -0.2) is 38.5 Å². The molecule has 0 atom stereocenters. The van der Waals surface area contributed by atoms with Gasteiger partial charge in [0.1, 0.15) is 0 Å². The quantitative estimate of drug-likeness (QED) is 0.302. The average Bonchev–Trinajstić information content (AvgIpc) is 3.05. The van der Waals surface area contributed by atoms with Crippen molar-refractivity contribution < 1.29 is 9.47 Å². The first-order valence-electron chi connectivity index (χ1n) is 8.95. The highest BCUT2D eigenvalue weighted by atomic mass is 32.2. The number of nitrogens with zero attached hydrogens (tertiary/aromatic N) is 4. The number of fused-ring (bicyclic) bond motifs is 4. The highest BCUT2D eigenvalue weighted by Crippen LogP contribution is 2.34. The van der Waals surface area contributed by atoms with Crippen molar-refractivity contribution in [3.63, 3.8) is 0 Å². The maximum absolute atomic E-state index is 5.81. The van der Waals surface area contributed by atoms with Crippen LogP contribution >= 0.6 is 11.8 Å². The third-order valence-corrected chi connectivity index (χ3v) is 5.27. The summed E-state index contributed by atoms with van der Waals surface area (Å²) in [5, 5.41) is 6.38. The molecule has 1 aliphatic heterocycles. The molecule has 0 spiro atoms. The van der Waals surface area contributed by atoms with Crippen LogP contribution in [0.2, 0.25) is 0 Å². The second-order valence-corrected chi connectivity index (χ2v) is 7.23. The summed E-state index contributed by atoms with van der Waals surface area (Å²) in [6, 6.07) is 13.7. The Kier molecular flexibility index (Phi) is 4.26. The molecule has 0 aliphatic carbocycles. The fraction of sp³-hybridized carbons (Fsp3) is 0.190. The van der Waals surface area contributed by atoms with Gasteiger partial charge < -0.3 is 9.47 Å². The normalized spacial score (nSPS) is 13.4.